The van der Waals surface area contributed by atoms with Gasteiger partial charge in [0.05, 0.1) is 12.6 Å². The number of benzene rings is 3. The van der Waals surface area contributed by atoms with E-state index in [1.165, 1.54) is 70.5 Å². The maximum atomic E-state index is 4.64. The van der Waals surface area contributed by atoms with Gasteiger partial charge in [-0.15, -0.1) is 11.3 Å². The molecule has 0 atom stereocenters. The highest BCUT2D eigenvalue weighted by Gasteiger charge is 2.33. The van der Waals surface area contributed by atoms with Crippen molar-refractivity contribution in [1.29, 1.82) is 0 Å². The van der Waals surface area contributed by atoms with E-state index in [9.17, 15) is 0 Å². The highest BCUT2D eigenvalue weighted by molar-refractivity contribution is 7.26. The minimum Gasteiger partial charge on any atom is -0.263 e. The molecule has 0 bridgehead atoms. The van der Waals surface area contributed by atoms with Gasteiger partial charge in [-0.25, -0.2) is 4.57 Å². The van der Waals surface area contributed by atoms with Crippen LogP contribution >= 0.6 is 11.3 Å². The summed E-state index contributed by atoms with van der Waals surface area (Å²) in [5.74, 6) is 1.91. The highest BCUT2D eigenvalue weighted by Crippen LogP contribution is 2.46. The first-order valence-corrected chi connectivity index (χ1v) is 14.0. The lowest BCUT2D eigenvalue weighted by molar-refractivity contribution is -0.633. The summed E-state index contributed by atoms with van der Waals surface area (Å²) >= 11 is 1.93. The molecule has 3 heterocycles. The van der Waals surface area contributed by atoms with Gasteiger partial charge < -0.3 is 0 Å². The van der Waals surface area contributed by atoms with Crippen molar-refractivity contribution < 1.29 is 4.57 Å². The van der Waals surface area contributed by atoms with E-state index in [0.717, 1.165) is 0 Å². The van der Waals surface area contributed by atoms with Gasteiger partial charge in [0.25, 0.3) is 5.82 Å². The Morgan fingerprint density at radius 2 is 1.59 bits per heavy atom. The molecule has 0 fully saturated rings. The smallest absolute Gasteiger partial charge is 0.263 e. The van der Waals surface area contributed by atoms with Gasteiger partial charge in [0, 0.05) is 43.7 Å². The second-order valence-electron chi connectivity index (χ2n) is 10.8. The molecule has 3 aromatic heterocycles. The zero-order chi connectivity index (χ0) is 26.0. The van der Waals surface area contributed by atoms with E-state index < -0.39 is 0 Å². The van der Waals surface area contributed by atoms with Crippen LogP contribution in [0.3, 0.4) is 0 Å². The summed E-state index contributed by atoms with van der Waals surface area (Å²) in [4.78, 5) is 4.64. The van der Waals surface area contributed by atoms with Gasteiger partial charge in [0.2, 0.25) is 0 Å². The van der Waals surface area contributed by atoms with Crippen molar-refractivity contribution in [1.82, 2.24) is 9.55 Å². The number of hydrogen-bond donors (Lipinski definition) is 0. The molecule has 6 rings (SSSR count). The average molecular weight is 505 g/mol. The van der Waals surface area contributed by atoms with E-state index in [1.807, 2.05) is 23.7 Å². The molecular formula is C33H34N3S+. The third-order valence-electron chi connectivity index (χ3n) is 7.85. The monoisotopic (exact) mass is 504 g/mol. The van der Waals surface area contributed by atoms with Crippen LogP contribution in [0.15, 0.2) is 67.0 Å². The Morgan fingerprint density at radius 1 is 0.865 bits per heavy atom. The van der Waals surface area contributed by atoms with Gasteiger partial charge in [-0.3, -0.25) is 4.98 Å². The van der Waals surface area contributed by atoms with Crippen LogP contribution in [0.2, 0.25) is 0 Å². The summed E-state index contributed by atoms with van der Waals surface area (Å²) < 4.78 is 7.64. The predicted octanol–water partition coefficient (Wildman–Crippen LogP) is 8.75. The molecule has 3 nitrogen and oxygen atoms in total. The number of thiophene rings is 1. The second kappa shape index (κ2) is 8.81. The first-order valence-electron chi connectivity index (χ1n) is 13.2. The van der Waals surface area contributed by atoms with Crippen LogP contribution in [0.1, 0.15) is 61.8 Å². The number of nitrogens with zero attached hydrogens (tertiary/aromatic N) is 3. The molecule has 6 aromatic rings. The van der Waals surface area contributed by atoms with Gasteiger partial charge in [0.1, 0.15) is 5.69 Å². The van der Waals surface area contributed by atoms with Gasteiger partial charge in [-0.05, 0) is 61.1 Å². The number of fused-ring (bicyclic) bond motifs is 4. The lowest BCUT2D eigenvalue weighted by Gasteiger charge is -2.20. The normalized spacial score (nSPS) is 12.1. The highest BCUT2D eigenvalue weighted by atomic mass is 32.1. The van der Waals surface area contributed by atoms with Crippen LogP contribution in [0.5, 0.6) is 0 Å². The zero-order valence-corrected chi connectivity index (χ0v) is 23.6. The van der Waals surface area contributed by atoms with Crippen LogP contribution in [-0.4, -0.2) is 9.55 Å². The van der Waals surface area contributed by atoms with E-state index >= 15 is 0 Å². The van der Waals surface area contributed by atoms with E-state index in [4.69, 9.17) is 0 Å². The number of hydrogen-bond acceptors (Lipinski definition) is 2. The van der Waals surface area contributed by atoms with Crippen molar-refractivity contribution in [2.45, 2.75) is 53.4 Å². The van der Waals surface area contributed by atoms with Crippen molar-refractivity contribution in [2.75, 3.05) is 0 Å². The molecule has 0 saturated carbocycles. The fourth-order valence-corrected chi connectivity index (χ4v) is 7.19. The van der Waals surface area contributed by atoms with Crippen molar-refractivity contribution in [3.8, 4) is 17.1 Å². The molecule has 0 aliphatic heterocycles. The number of pyridine rings is 1. The molecule has 4 heteroatoms. The fraction of sp³-hybridized carbons (Fsp3) is 0.273. The Balaban J connectivity index is 1.87. The van der Waals surface area contributed by atoms with E-state index in [1.54, 1.807) is 0 Å². The van der Waals surface area contributed by atoms with Crippen molar-refractivity contribution >= 4 is 42.5 Å². The number of para-hydroxylation sites is 2. The number of imidazole rings is 1. The topological polar surface area (TPSA) is 21.7 Å². The zero-order valence-electron chi connectivity index (χ0n) is 22.8. The van der Waals surface area contributed by atoms with Crippen LogP contribution in [-0.2, 0) is 7.05 Å². The lowest BCUT2D eigenvalue weighted by atomic mass is 9.89. The van der Waals surface area contributed by atoms with Crippen LogP contribution in [0.25, 0.3) is 48.3 Å². The largest absolute Gasteiger partial charge is 0.296 e. The molecular weight excluding hydrogens is 470 g/mol. The molecule has 0 saturated heterocycles. The van der Waals surface area contributed by atoms with Crippen molar-refractivity contribution in [3.63, 3.8) is 0 Å². The predicted molar refractivity (Wildman–Crippen MR) is 158 cm³/mol. The van der Waals surface area contributed by atoms with Gasteiger partial charge >= 0.3 is 0 Å². The first kappa shape index (κ1) is 23.9. The SMILES string of the molecule is Cc1cncc(-c2n(-c3c(C(C)C)cc4c(sc5ccccc54)c3C(C)C)c3ccccc3[n+]2C)c1C. The Morgan fingerprint density at radius 3 is 2.35 bits per heavy atom. The van der Waals surface area contributed by atoms with Crippen LogP contribution < -0.4 is 4.57 Å². The molecule has 37 heavy (non-hydrogen) atoms. The summed E-state index contributed by atoms with van der Waals surface area (Å²) in [6.45, 7) is 13.7. The maximum absolute atomic E-state index is 4.64. The Bertz CT molecular complexity index is 1820. The van der Waals surface area contributed by atoms with Crippen molar-refractivity contribution in [3.05, 3.63) is 89.2 Å². The van der Waals surface area contributed by atoms with Gasteiger partial charge in [0.15, 0.2) is 11.0 Å². The molecule has 186 valence electrons. The van der Waals surface area contributed by atoms with Gasteiger partial charge in [-0.2, -0.15) is 4.57 Å². The molecule has 0 aliphatic carbocycles. The second-order valence-corrected chi connectivity index (χ2v) is 11.9. The van der Waals surface area contributed by atoms with Crippen molar-refractivity contribution in [2.24, 2.45) is 7.05 Å². The summed E-state index contributed by atoms with van der Waals surface area (Å²) in [6, 6.07) is 20.1. The maximum Gasteiger partial charge on any atom is 0.296 e. The molecule has 0 unspecified atom stereocenters. The van der Waals surface area contributed by atoms with Crippen LogP contribution in [0.4, 0.5) is 0 Å². The quantitative estimate of drug-likeness (QED) is 0.220. The summed E-state index contributed by atoms with van der Waals surface area (Å²) in [5, 5.41) is 2.74. The van der Waals surface area contributed by atoms with E-state index in [0.29, 0.717) is 11.8 Å². The molecule has 0 N–H and O–H groups in total. The summed E-state index contributed by atoms with van der Waals surface area (Å²) in [7, 11) is 2.19. The minimum absolute atomic E-state index is 0.361. The molecule has 0 aliphatic rings. The molecule has 0 spiro atoms. The van der Waals surface area contributed by atoms with E-state index in [2.05, 4.69) is 117 Å². The number of rotatable bonds is 4. The van der Waals surface area contributed by atoms with Gasteiger partial charge in [-0.1, -0.05) is 58.0 Å². The third kappa shape index (κ3) is 3.53. The minimum atomic E-state index is 0.361. The summed E-state index contributed by atoms with van der Waals surface area (Å²) in [5.41, 5.74) is 10.3. The average Bonchev–Trinajstić information content (AvgIpc) is 3.39. The Hall–Kier alpha value is -3.50. The molecule has 0 amide bonds. The number of aryl methyl sites for hydroxylation is 2. The standard InChI is InChI=1S/C33H34N3S/c1-19(2)24-16-25-23-12-8-11-15-29(23)37-32(25)30(20(3)4)31(24)36-28-14-10-9-13-27(28)35(7)33(36)26-18-34-17-21(5)22(26)6/h8-20H,1-7H3/q+1. The summed E-state index contributed by atoms with van der Waals surface area (Å²) in [6.07, 6.45) is 4.00. The Kier molecular flexibility index (Phi) is 5.68. The Labute approximate surface area is 223 Å². The third-order valence-corrected chi connectivity index (χ3v) is 9.07. The fourth-order valence-electron chi connectivity index (χ4n) is 5.82. The lowest BCUT2D eigenvalue weighted by Crippen LogP contribution is -2.30. The van der Waals surface area contributed by atoms with Crippen LogP contribution in [0, 0.1) is 13.8 Å². The first-order chi connectivity index (χ1) is 17.8. The van der Waals surface area contributed by atoms with E-state index in [-0.39, 0.29) is 0 Å². The molecule has 3 aromatic carbocycles. The number of aromatic nitrogens is 3. The molecule has 0 radical (unpaired) electrons.